The number of phosphoric acid groups is 1. The maximum atomic E-state index is 12.5. The Morgan fingerprint density at radius 3 is 2.78 bits per heavy atom. The lowest BCUT2D eigenvalue weighted by molar-refractivity contribution is -0.0424. The van der Waals surface area contributed by atoms with Crippen LogP contribution in [0.3, 0.4) is 0 Å². The Morgan fingerprint density at radius 2 is 2.09 bits per heavy atom. The van der Waals surface area contributed by atoms with Crippen LogP contribution in [0.4, 0.5) is 5.95 Å². The van der Waals surface area contributed by atoms with E-state index in [9.17, 15) is 19.6 Å². The van der Waals surface area contributed by atoms with Gasteiger partial charge in [0.25, 0.3) is 5.56 Å². The monoisotopic (exact) mass is 467 g/mol. The van der Waals surface area contributed by atoms with Crippen LogP contribution in [0.1, 0.15) is 24.3 Å². The number of aromatic amines is 1. The zero-order valence-corrected chi connectivity index (χ0v) is 17.5. The smallest absolute Gasteiger partial charge is 0.394 e. The van der Waals surface area contributed by atoms with Crippen LogP contribution in [0.2, 0.25) is 0 Å². The minimum absolute atomic E-state index is 0.0452. The lowest BCUT2D eigenvalue weighted by Gasteiger charge is -2.18. The highest BCUT2D eigenvalue weighted by molar-refractivity contribution is 7.46. The second kappa shape index (κ2) is 9.08. The lowest BCUT2D eigenvalue weighted by Crippen LogP contribution is -2.25. The molecule has 13 nitrogen and oxygen atoms in total. The molecule has 1 fully saturated rings. The van der Waals surface area contributed by atoms with Gasteiger partial charge in [0.15, 0.2) is 11.2 Å². The Balaban J connectivity index is 1.58. The molecular formula is C18H22N5O8P. The number of ether oxygens (including phenoxy) is 1. The molecule has 1 aliphatic heterocycles. The Bertz CT molecular complexity index is 1180. The summed E-state index contributed by atoms with van der Waals surface area (Å²) in [5, 5.41) is 22.9. The number of rotatable bonds is 8. The van der Waals surface area contributed by atoms with Crippen LogP contribution in [-0.2, 0) is 13.8 Å². The highest BCUT2D eigenvalue weighted by Crippen LogP contribution is 2.38. The van der Waals surface area contributed by atoms with Gasteiger partial charge < -0.3 is 30.1 Å². The molecule has 6 N–H and O–H groups in total. The summed E-state index contributed by atoms with van der Waals surface area (Å²) in [6.07, 6.45) is -1.42. The number of hydrogen-bond acceptors (Lipinski definition) is 9. The molecule has 0 radical (unpaired) electrons. The summed E-state index contributed by atoms with van der Waals surface area (Å²) < 4.78 is 22.5. The van der Waals surface area contributed by atoms with Crippen molar-refractivity contribution >= 4 is 24.9 Å². The van der Waals surface area contributed by atoms with E-state index in [1.54, 1.807) is 0 Å². The number of aromatic nitrogens is 4. The molecular weight excluding hydrogens is 445 g/mol. The van der Waals surface area contributed by atoms with Gasteiger partial charge in [0, 0.05) is 6.42 Å². The number of fused-ring (bicyclic) bond motifs is 1. The van der Waals surface area contributed by atoms with E-state index in [0.717, 1.165) is 5.56 Å². The Hall–Kier alpha value is -2.64. The minimum Gasteiger partial charge on any atom is -0.394 e. The van der Waals surface area contributed by atoms with E-state index in [0.29, 0.717) is 0 Å². The quantitative estimate of drug-likeness (QED) is 0.245. The van der Waals surface area contributed by atoms with Crippen LogP contribution in [0.25, 0.3) is 11.2 Å². The zero-order chi connectivity index (χ0) is 22.9. The van der Waals surface area contributed by atoms with E-state index in [4.69, 9.17) is 14.5 Å². The van der Waals surface area contributed by atoms with Crippen LogP contribution in [0, 0.1) is 0 Å². The SMILES string of the molecule is O=c1[nH]c(N[C@H](CO)c2ccccc2)nc2c1ncn2[C@H]1C[C@H](O)[C@@H](COP(=O)(O)O)O1. The van der Waals surface area contributed by atoms with Gasteiger partial charge >= 0.3 is 7.82 Å². The van der Waals surface area contributed by atoms with Crippen molar-refractivity contribution in [2.75, 3.05) is 18.5 Å². The topological polar surface area (TPSA) is 192 Å². The molecule has 0 saturated carbocycles. The van der Waals surface area contributed by atoms with Crippen LogP contribution in [-0.4, -0.2) is 64.9 Å². The summed E-state index contributed by atoms with van der Waals surface area (Å²) in [7, 11) is -4.72. The molecule has 3 heterocycles. The molecule has 1 aromatic carbocycles. The molecule has 1 saturated heterocycles. The number of imidazole rings is 1. The van der Waals surface area contributed by atoms with Crippen LogP contribution in [0.15, 0.2) is 41.5 Å². The van der Waals surface area contributed by atoms with Crippen molar-refractivity contribution in [1.29, 1.82) is 0 Å². The van der Waals surface area contributed by atoms with Gasteiger partial charge in [-0.1, -0.05) is 30.3 Å². The van der Waals surface area contributed by atoms with Gasteiger partial charge in [-0.15, -0.1) is 0 Å². The highest BCUT2D eigenvalue weighted by atomic mass is 31.2. The zero-order valence-electron chi connectivity index (χ0n) is 16.6. The number of nitrogens with one attached hydrogen (secondary N) is 2. The van der Waals surface area contributed by atoms with Gasteiger partial charge in [-0.05, 0) is 5.56 Å². The van der Waals surface area contributed by atoms with Gasteiger partial charge in [-0.25, -0.2) is 9.55 Å². The third-order valence-corrected chi connectivity index (χ3v) is 5.53. The predicted molar refractivity (Wildman–Crippen MR) is 111 cm³/mol. The van der Waals surface area contributed by atoms with Gasteiger partial charge in [-0.2, -0.15) is 4.98 Å². The highest BCUT2D eigenvalue weighted by Gasteiger charge is 2.37. The molecule has 3 aromatic rings. The average Bonchev–Trinajstić information content (AvgIpc) is 3.34. The van der Waals surface area contributed by atoms with E-state index in [2.05, 4.69) is 24.8 Å². The maximum absolute atomic E-state index is 12.5. The number of H-pyrrole nitrogens is 1. The van der Waals surface area contributed by atoms with Crippen LogP contribution < -0.4 is 10.9 Å². The first-order valence-electron chi connectivity index (χ1n) is 9.68. The van der Waals surface area contributed by atoms with Crippen LogP contribution >= 0.6 is 7.82 Å². The van der Waals surface area contributed by atoms with Gasteiger partial charge in [0.1, 0.15) is 12.3 Å². The summed E-state index contributed by atoms with van der Waals surface area (Å²) in [6, 6.07) is 8.61. The molecule has 14 heteroatoms. The number of aliphatic hydroxyl groups excluding tert-OH is 2. The van der Waals surface area contributed by atoms with Gasteiger partial charge in [-0.3, -0.25) is 18.9 Å². The largest absolute Gasteiger partial charge is 0.469 e. The second-order valence-corrected chi connectivity index (χ2v) is 8.49. The normalized spacial score (nSPS) is 22.3. The Kier molecular flexibility index (Phi) is 6.40. The first-order chi connectivity index (χ1) is 15.2. The number of anilines is 1. The third kappa shape index (κ3) is 4.89. The molecule has 172 valence electrons. The first-order valence-corrected chi connectivity index (χ1v) is 11.2. The number of aliphatic hydroxyl groups is 2. The molecule has 4 rings (SSSR count). The van der Waals surface area contributed by atoms with Crippen molar-refractivity contribution in [3.05, 3.63) is 52.6 Å². The summed E-state index contributed by atoms with van der Waals surface area (Å²) in [5.74, 6) is 0.104. The van der Waals surface area contributed by atoms with E-state index in [1.807, 2.05) is 30.3 Å². The maximum Gasteiger partial charge on any atom is 0.469 e. The Labute approximate surface area is 180 Å². The summed E-state index contributed by atoms with van der Waals surface area (Å²) >= 11 is 0. The van der Waals surface area contributed by atoms with E-state index in [-0.39, 0.29) is 30.1 Å². The first kappa shape index (κ1) is 22.6. The summed E-state index contributed by atoms with van der Waals surface area (Å²) in [6.45, 7) is -0.755. The molecule has 0 unspecified atom stereocenters. The standard InChI is InChI=1S/C18H22N5O8P/c24-7-11(10-4-2-1-3-5-10)20-18-21-16-15(17(26)22-18)19-9-23(16)14-6-12(25)13(31-14)8-30-32(27,28)29/h1-5,9,11-14,24-25H,6-8H2,(H2,27,28,29)(H2,20,21,22,26)/t11-,12+,13-,14-/m1/s1. The fourth-order valence-electron chi connectivity index (χ4n) is 3.50. The summed E-state index contributed by atoms with van der Waals surface area (Å²) in [5.41, 5.74) is 0.501. The molecule has 0 bridgehead atoms. The van der Waals surface area contributed by atoms with Crippen LogP contribution in [0.5, 0.6) is 0 Å². The predicted octanol–water partition coefficient (Wildman–Crippen LogP) is 0.0228. The summed E-state index contributed by atoms with van der Waals surface area (Å²) in [4.78, 5) is 41.2. The average molecular weight is 467 g/mol. The van der Waals surface area contributed by atoms with Crippen molar-refractivity contribution in [3.8, 4) is 0 Å². The lowest BCUT2D eigenvalue weighted by atomic mass is 10.1. The van der Waals surface area contributed by atoms with E-state index in [1.165, 1.54) is 10.9 Å². The van der Waals surface area contributed by atoms with E-state index >= 15 is 0 Å². The minimum atomic E-state index is -4.72. The number of nitrogens with zero attached hydrogens (tertiary/aromatic N) is 3. The Morgan fingerprint density at radius 1 is 1.34 bits per heavy atom. The molecule has 1 aliphatic rings. The molecule has 0 aliphatic carbocycles. The number of hydrogen-bond donors (Lipinski definition) is 6. The molecule has 32 heavy (non-hydrogen) atoms. The molecule has 4 atom stereocenters. The molecule has 0 amide bonds. The molecule has 0 spiro atoms. The van der Waals surface area contributed by atoms with Crippen molar-refractivity contribution in [2.24, 2.45) is 0 Å². The van der Waals surface area contributed by atoms with Crippen molar-refractivity contribution < 1.29 is 33.8 Å². The van der Waals surface area contributed by atoms with Crippen molar-refractivity contribution in [1.82, 2.24) is 19.5 Å². The van der Waals surface area contributed by atoms with Crippen molar-refractivity contribution in [2.45, 2.75) is 30.9 Å². The molecule has 2 aromatic heterocycles. The van der Waals surface area contributed by atoms with Gasteiger partial charge in [0.2, 0.25) is 5.95 Å². The fraction of sp³-hybridized carbons (Fsp3) is 0.389. The number of phosphoric ester groups is 1. The van der Waals surface area contributed by atoms with Crippen molar-refractivity contribution in [3.63, 3.8) is 0 Å². The van der Waals surface area contributed by atoms with E-state index < -0.39 is 44.5 Å². The third-order valence-electron chi connectivity index (χ3n) is 5.05. The second-order valence-electron chi connectivity index (χ2n) is 7.25. The fourth-order valence-corrected chi connectivity index (χ4v) is 3.84. The number of benzene rings is 1. The van der Waals surface area contributed by atoms with Gasteiger partial charge in [0.05, 0.1) is 31.7 Å².